The van der Waals surface area contributed by atoms with E-state index in [-0.39, 0.29) is 29.9 Å². The fraction of sp³-hybridized carbons (Fsp3) is 0.643. The Hall–Kier alpha value is -2.17. The lowest BCUT2D eigenvalue weighted by atomic mass is 9.92. The third kappa shape index (κ3) is 9.24. The number of rotatable bonds is 13. The first-order valence-electron chi connectivity index (χ1n) is 13.7. The van der Waals surface area contributed by atoms with Crippen LogP contribution in [0.15, 0.2) is 36.0 Å². The summed E-state index contributed by atoms with van der Waals surface area (Å²) in [4.78, 5) is 36.0. The van der Waals surface area contributed by atoms with Crippen molar-refractivity contribution in [3.8, 4) is 0 Å². The van der Waals surface area contributed by atoms with Gasteiger partial charge in [-0.2, -0.15) is 0 Å². The molecule has 0 radical (unpaired) electrons. The second-order valence-electron chi connectivity index (χ2n) is 10.7. The maximum Gasteiger partial charge on any atom is 0.251 e. The predicted octanol–water partition coefficient (Wildman–Crippen LogP) is 2.72. The number of nitrogens with one attached hydrogen (secondary N) is 3. The van der Waals surface area contributed by atoms with E-state index >= 15 is 0 Å². The van der Waals surface area contributed by atoms with Crippen molar-refractivity contribution in [2.24, 2.45) is 0 Å². The highest BCUT2D eigenvalue weighted by Gasteiger charge is 2.37. The van der Waals surface area contributed by atoms with Crippen molar-refractivity contribution < 1.29 is 14.4 Å². The number of nitrogens with zero attached hydrogens (tertiary/aromatic N) is 3. The van der Waals surface area contributed by atoms with Crippen LogP contribution in [0.4, 0.5) is 0 Å². The maximum absolute atomic E-state index is 13.5. The van der Waals surface area contributed by atoms with Gasteiger partial charge in [0.25, 0.3) is 11.8 Å². The molecule has 2 fully saturated rings. The first-order valence-corrected chi connectivity index (χ1v) is 14.1. The van der Waals surface area contributed by atoms with E-state index in [1.165, 1.54) is 13.5 Å². The van der Waals surface area contributed by atoms with E-state index in [1.54, 1.807) is 6.20 Å². The standard InChI is InChI=1S/C28H45ClN6O3/c1-21(19-31-38-4)28(37)35(24-8-6-5-7-9-24)25-14-16-34(20-25)32-27(36)26(30-15-17-33(2)3)18-22-10-12-23(29)13-11-22/h10-13,19,24-26,30-31H,5-9,14-18,20H2,1-4H3,(H,32,36)/t25-,26+/m0/s1. The van der Waals surface area contributed by atoms with Crippen molar-refractivity contribution in [1.82, 2.24) is 31.0 Å². The van der Waals surface area contributed by atoms with Gasteiger partial charge < -0.3 is 15.1 Å². The minimum absolute atomic E-state index is 0.0330. The van der Waals surface area contributed by atoms with Gasteiger partial charge in [0.1, 0.15) is 0 Å². The number of amides is 2. The van der Waals surface area contributed by atoms with Crippen LogP contribution in [0, 0.1) is 0 Å². The molecule has 38 heavy (non-hydrogen) atoms. The van der Waals surface area contributed by atoms with Gasteiger partial charge in [0.2, 0.25) is 0 Å². The van der Waals surface area contributed by atoms with Crippen LogP contribution in [0.3, 0.4) is 0 Å². The number of benzene rings is 1. The molecule has 3 N–H and O–H groups in total. The van der Waals surface area contributed by atoms with E-state index in [1.807, 2.05) is 50.3 Å². The molecule has 9 nitrogen and oxygen atoms in total. The number of carbonyl (C=O) groups excluding carboxylic acids is 2. The zero-order chi connectivity index (χ0) is 27.5. The fourth-order valence-corrected chi connectivity index (χ4v) is 5.41. The van der Waals surface area contributed by atoms with Gasteiger partial charge in [-0.05, 0) is 64.4 Å². The lowest BCUT2D eigenvalue weighted by molar-refractivity contribution is -0.132. The monoisotopic (exact) mass is 548 g/mol. The molecule has 1 saturated carbocycles. The molecule has 2 aliphatic rings. The van der Waals surface area contributed by atoms with E-state index in [0.717, 1.165) is 44.2 Å². The molecular formula is C28H45ClN6O3. The molecule has 0 bridgehead atoms. The lowest BCUT2D eigenvalue weighted by Gasteiger charge is -2.39. The molecule has 0 unspecified atom stereocenters. The van der Waals surface area contributed by atoms with Gasteiger partial charge in [0, 0.05) is 55.1 Å². The molecule has 1 aliphatic carbocycles. The molecule has 3 rings (SSSR count). The Kier molecular flexibility index (Phi) is 12.3. The number of likely N-dealkylation sites (N-methyl/N-ethyl adjacent to an activating group) is 1. The smallest absolute Gasteiger partial charge is 0.251 e. The van der Waals surface area contributed by atoms with E-state index in [4.69, 9.17) is 16.4 Å². The Bertz CT molecular complexity index is 920. The summed E-state index contributed by atoms with van der Waals surface area (Å²) < 4.78 is 0. The van der Waals surface area contributed by atoms with Gasteiger partial charge in [0.15, 0.2) is 0 Å². The third-order valence-corrected chi connectivity index (χ3v) is 7.63. The summed E-state index contributed by atoms with van der Waals surface area (Å²) in [5.74, 6) is -0.0270. The highest BCUT2D eigenvalue weighted by molar-refractivity contribution is 6.30. The molecule has 0 aromatic heterocycles. The minimum atomic E-state index is -0.378. The quantitative estimate of drug-likeness (QED) is 0.258. The second-order valence-corrected chi connectivity index (χ2v) is 11.1. The first kappa shape index (κ1) is 30.4. The van der Waals surface area contributed by atoms with Gasteiger partial charge in [-0.3, -0.25) is 25.3 Å². The summed E-state index contributed by atoms with van der Waals surface area (Å²) in [7, 11) is 5.56. The number of hydroxylamine groups is 1. The van der Waals surface area contributed by atoms with Crippen LogP contribution in [-0.4, -0.2) is 92.1 Å². The molecule has 0 spiro atoms. The van der Waals surface area contributed by atoms with Crippen molar-refractivity contribution in [2.45, 2.75) is 70.0 Å². The summed E-state index contributed by atoms with van der Waals surface area (Å²) in [6.07, 6.45) is 8.57. The van der Waals surface area contributed by atoms with Crippen molar-refractivity contribution in [3.05, 3.63) is 46.6 Å². The van der Waals surface area contributed by atoms with E-state index in [0.29, 0.717) is 36.7 Å². The Labute approximate surface area is 232 Å². The van der Waals surface area contributed by atoms with E-state index in [9.17, 15) is 9.59 Å². The van der Waals surface area contributed by atoms with Gasteiger partial charge in [0.05, 0.1) is 13.2 Å². The highest BCUT2D eigenvalue weighted by atomic mass is 35.5. The summed E-state index contributed by atoms with van der Waals surface area (Å²) >= 11 is 6.06. The zero-order valence-electron chi connectivity index (χ0n) is 23.3. The van der Waals surface area contributed by atoms with Crippen LogP contribution >= 0.6 is 11.6 Å². The van der Waals surface area contributed by atoms with Gasteiger partial charge in [-0.15, -0.1) is 0 Å². The van der Waals surface area contributed by atoms with Crippen LogP contribution < -0.4 is 16.2 Å². The van der Waals surface area contributed by atoms with Crippen molar-refractivity contribution in [2.75, 3.05) is 47.4 Å². The summed E-state index contributed by atoms with van der Waals surface area (Å²) in [5.41, 5.74) is 7.49. The molecule has 1 aromatic rings. The van der Waals surface area contributed by atoms with Crippen molar-refractivity contribution in [1.29, 1.82) is 0 Å². The van der Waals surface area contributed by atoms with Crippen molar-refractivity contribution in [3.63, 3.8) is 0 Å². The third-order valence-electron chi connectivity index (χ3n) is 7.38. The normalized spacial score (nSPS) is 19.9. The van der Waals surface area contributed by atoms with Gasteiger partial charge in [-0.1, -0.05) is 43.0 Å². The Morgan fingerprint density at radius 2 is 1.84 bits per heavy atom. The summed E-state index contributed by atoms with van der Waals surface area (Å²) in [5, 5.41) is 6.08. The molecule has 212 valence electrons. The van der Waals surface area contributed by atoms with Crippen LogP contribution in [0.25, 0.3) is 0 Å². The number of hydrogen-bond donors (Lipinski definition) is 3. The molecule has 2 atom stereocenters. The Morgan fingerprint density at radius 3 is 2.50 bits per heavy atom. The van der Waals surface area contributed by atoms with Gasteiger partial charge in [-0.25, -0.2) is 5.01 Å². The van der Waals surface area contributed by atoms with Crippen LogP contribution in [0.1, 0.15) is 51.0 Å². The fourth-order valence-electron chi connectivity index (χ4n) is 5.28. The van der Waals surface area contributed by atoms with E-state index < -0.39 is 0 Å². The Balaban J connectivity index is 1.66. The summed E-state index contributed by atoms with van der Waals surface area (Å²) in [6.45, 7) is 4.67. The molecule has 1 heterocycles. The number of carbonyl (C=O) groups is 2. The average Bonchev–Trinajstić information content (AvgIpc) is 3.36. The molecular weight excluding hydrogens is 504 g/mol. The second kappa shape index (κ2) is 15.4. The topological polar surface area (TPSA) is 89.2 Å². The van der Waals surface area contributed by atoms with Crippen LogP contribution in [0.2, 0.25) is 5.02 Å². The molecule has 10 heteroatoms. The SMILES string of the molecule is CONC=C(C)C(=O)N(C1CCCCC1)[C@H]1CCN(NC(=O)[C@@H](Cc2ccc(Cl)cc2)NCCN(C)C)C1. The van der Waals surface area contributed by atoms with Crippen molar-refractivity contribution >= 4 is 23.4 Å². The van der Waals surface area contributed by atoms with Gasteiger partial charge >= 0.3 is 0 Å². The van der Waals surface area contributed by atoms with Crippen LogP contribution in [-0.2, 0) is 20.8 Å². The van der Waals surface area contributed by atoms with Crippen LogP contribution in [0.5, 0.6) is 0 Å². The predicted molar refractivity (Wildman–Crippen MR) is 151 cm³/mol. The molecule has 1 aromatic carbocycles. The number of hydrogen-bond acceptors (Lipinski definition) is 7. The highest BCUT2D eigenvalue weighted by Crippen LogP contribution is 2.28. The lowest BCUT2D eigenvalue weighted by Crippen LogP contribution is -2.54. The largest absolute Gasteiger partial charge is 0.332 e. The maximum atomic E-state index is 13.5. The Morgan fingerprint density at radius 1 is 1.13 bits per heavy atom. The molecule has 1 saturated heterocycles. The molecule has 1 aliphatic heterocycles. The first-order chi connectivity index (χ1) is 18.3. The van der Waals surface area contributed by atoms with E-state index in [2.05, 4.69) is 26.0 Å². The number of halogens is 1. The average molecular weight is 549 g/mol. The number of hydrazine groups is 1. The summed E-state index contributed by atoms with van der Waals surface area (Å²) in [6, 6.07) is 7.53. The minimum Gasteiger partial charge on any atom is -0.332 e. The molecule has 2 amide bonds. The zero-order valence-corrected chi connectivity index (χ0v) is 24.1.